The van der Waals surface area contributed by atoms with Crippen molar-refractivity contribution in [1.82, 2.24) is 10.2 Å². The standard InChI is InChI=1S/C25H35N3O5/c1-4-5-6-9-14-32-24(31)28-13-8-7-10-19(28)23(30)27-21-18-15-17(16-26)11-12-20(18)33-25(2,3)22(21)29/h11-12,15,19,21-22,29H,4-10,13-14H2,1-3H3,(H,27,30). The fourth-order valence-electron chi connectivity index (χ4n) is 4.47. The minimum Gasteiger partial charge on any atom is -0.485 e. The third kappa shape index (κ3) is 5.77. The van der Waals surface area contributed by atoms with Crippen molar-refractivity contribution in [1.29, 1.82) is 5.26 Å². The molecule has 1 aromatic carbocycles. The van der Waals surface area contributed by atoms with E-state index in [9.17, 15) is 20.0 Å². The second-order valence-corrected chi connectivity index (χ2v) is 9.38. The lowest BCUT2D eigenvalue weighted by Gasteiger charge is -2.43. The first-order chi connectivity index (χ1) is 15.8. The Bertz CT molecular complexity index is 895. The number of fused-ring (bicyclic) bond motifs is 1. The average Bonchev–Trinajstić information content (AvgIpc) is 2.81. The molecule has 2 N–H and O–H groups in total. The molecule has 3 atom stereocenters. The summed E-state index contributed by atoms with van der Waals surface area (Å²) in [6.07, 6.45) is 4.70. The van der Waals surface area contributed by atoms with Crippen molar-refractivity contribution in [3.63, 3.8) is 0 Å². The molecular weight excluding hydrogens is 422 g/mol. The fourth-order valence-corrected chi connectivity index (χ4v) is 4.47. The van der Waals surface area contributed by atoms with Crippen molar-refractivity contribution in [2.24, 2.45) is 0 Å². The van der Waals surface area contributed by atoms with Crippen LogP contribution in [0.4, 0.5) is 4.79 Å². The Hall–Kier alpha value is -2.79. The molecule has 8 nitrogen and oxygen atoms in total. The summed E-state index contributed by atoms with van der Waals surface area (Å²) in [7, 11) is 0. The van der Waals surface area contributed by atoms with E-state index >= 15 is 0 Å². The lowest BCUT2D eigenvalue weighted by atomic mass is 9.85. The molecule has 2 aliphatic heterocycles. The minimum atomic E-state index is -1.04. The number of nitrogens with zero attached hydrogens (tertiary/aromatic N) is 2. The number of carbonyl (C=O) groups is 2. The molecule has 0 aliphatic carbocycles. The molecule has 2 heterocycles. The molecule has 0 aromatic heterocycles. The molecule has 2 amide bonds. The van der Waals surface area contributed by atoms with Crippen molar-refractivity contribution < 1.29 is 24.2 Å². The summed E-state index contributed by atoms with van der Waals surface area (Å²) in [5, 5.41) is 23.2. The van der Waals surface area contributed by atoms with Crippen LogP contribution >= 0.6 is 0 Å². The van der Waals surface area contributed by atoms with Crippen LogP contribution in [0.2, 0.25) is 0 Å². The molecule has 1 aromatic rings. The lowest BCUT2D eigenvalue weighted by molar-refractivity contribution is -0.131. The SMILES string of the molecule is CCCCCCOC(=O)N1CCCCC1C(=O)NC1c2cc(C#N)ccc2OC(C)(C)C1O. The van der Waals surface area contributed by atoms with E-state index in [1.54, 1.807) is 32.0 Å². The van der Waals surface area contributed by atoms with Crippen LogP contribution in [0.3, 0.4) is 0 Å². The van der Waals surface area contributed by atoms with Gasteiger partial charge in [0.1, 0.15) is 23.5 Å². The van der Waals surface area contributed by atoms with E-state index in [1.807, 2.05) is 0 Å². The number of ether oxygens (including phenoxy) is 2. The summed E-state index contributed by atoms with van der Waals surface area (Å²) in [5.74, 6) is 0.175. The van der Waals surface area contributed by atoms with Gasteiger partial charge in [0.25, 0.3) is 0 Å². The third-order valence-electron chi connectivity index (χ3n) is 6.44. The normalized spacial score (nSPS) is 23.6. The summed E-state index contributed by atoms with van der Waals surface area (Å²) in [5.41, 5.74) is 0.0208. The van der Waals surface area contributed by atoms with Gasteiger partial charge in [-0.15, -0.1) is 0 Å². The smallest absolute Gasteiger partial charge is 0.410 e. The van der Waals surface area contributed by atoms with Gasteiger partial charge in [-0.3, -0.25) is 9.69 Å². The predicted molar refractivity (Wildman–Crippen MR) is 123 cm³/mol. The van der Waals surface area contributed by atoms with E-state index in [1.165, 1.54) is 4.90 Å². The largest absolute Gasteiger partial charge is 0.485 e. The number of benzene rings is 1. The zero-order valence-corrected chi connectivity index (χ0v) is 19.8. The summed E-state index contributed by atoms with van der Waals surface area (Å²) >= 11 is 0. The zero-order chi connectivity index (χ0) is 24.0. The molecule has 180 valence electrons. The van der Waals surface area contributed by atoms with Crippen LogP contribution in [0.15, 0.2) is 18.2 Å². The van der Waals surface area contributed by atoms with Gasteiger partial charge in [-0.1, -0.05) is 26.2 Å². The number of rotatable bonds is 7. The number of piperidine rings is 1. The molecular formula is C25H35N3O5. The van der Waals surface area contributed by atoms with Gasteiger partial charge in [-0.25, -0.2) is 4.79 Å². The number of aliphatic hydroxyl groups is 1. The van der Waals surface area contributed by atoms with E-state index < -0.39 is 29.9 Å². The monoisotopic (exact) mass is 457 g/mol. The maximum atomic E-state index is 13.3. The maximum absolute atomic E-state index is 13.3. The van der Waals surface area contributed by atoms with Crippen molar-refractivity contribution in [3.8, 4) is 11.8 Å². The van der Waals surface area contributed by atoms with Gasteiger partial charge in [0, 0.05) is 12.1 Å². The van der Waals surface area contributed by atoms with Crippen molar-refractivity contribution in [2.45, 2.75) is 89.5 Å². The van der Waals surface area contributed by atoms with E-state index in [4.69, 9.17) is 9.47 Å². The van der Waals surface area contributed by atoms with E-state index in [2.05, 4.69) is 18.3 Å². The second-order valence-electron chi connectivity index (χ2n) is 9.38. The van der Waals surface area contributed by atoms with Gasteiger partial charge < -0.3 is 19.9 Å². The van der Waals surface area contributed by atoms with E-state index in [0.717, 1.165) is 38.5 Å². The van der Waals surface area contributed by atoms with Crippen molar-refractivity contribution >= 4 is 12.0 Å². The second kappa shape index (κ2) is 10.9. The van der Waals surface area contributed by atoms with Crippen LogP contribution in [0.25, 0.3) is 0 Å². The molecule has 0 spiro atoms. The highest BCUT2D eigenvalue weighted by molar-refractivity contribution is 5.86. The van der Waals surface area contributed by atoms with Gasteiger partial charge in [0.2, 0.25) is 5.91 Å². The molecule has 33 heavy (non-hydrogen) atoms. The summed E-state index contributed by atoms with van der Waals surface area (Å²) in [6.45, 7) is 6.43. The predicted octanol–water partition coefficient (Wildman–Crippen LogP) is 3.82. The van der Waals surface area contributed by atoms with Crippen molar-refractivity contribution in [2.75, 3.05) is 13.2 Å². The number of carbonyl (C=O) groups excluding carboxylic acids is 2. The number of nitriles is 1. The summed E-state index contributed by atoms with van der Waals surface area (Å²) in [4.78, 5) is 27.5. The molecule has 3 rings (SSSR count). The zero-order valence-electron chi connectivity index (χ0n) is 19.8. The highest BCUT2D eigenvalue weighted by Gasteiger charge is 2.45. The molecule has 8 heteroatoms. The molecule has 1 fully saturated rings. The van der Waals surface area contributed by atoms with Crippen LogP contribution in [0, 0.1) is 11.3 Å². The van der Waals surface area contributed by atoms with E-state index in [-0.39, 0.29) is 5.91 Å². The molecule has 3 unspecified atom stereocenters. The highest BCUT2D eigenvalue weighted by atomic mass is 16.6. The Kier molecular flexibility index (Phi) is 8.20. The van der Waals surface area contributed by atoms with Crippen LogP contribution in [0.1, 0.15) is 82.9 Å². The molecule has 0 radical (unpaired) electrons. The number of likely N-dealkylation sites (tertiary alicyclic amines) is 1. The van der Waals surface area contributed by atoms with Crippen LogP contribution in [-0.2, 0) is 9.53 Å². The first kappa shape index (κ1) is 24.8. The lowest BCUT2D eigenvalue weighted by Crippen LogP contribution is -2.57. The third-order valence-corrected chi connectivity index (χ3v) is 6.44. The first-order valence-corrected chi connectivity index (χ1v) is 11.9. The fraction of sp³-hybridized carbons (Fsp3) is 0.640. The average molecular weight is 458 g/mol. The summed E-state index contributed by atoms with van der Waals surface area (Å²) in [6, 6.07) is 5.61. The number of amides is 2. The van der Waals surface area contributed by atoms with Crippen molar-refractivity contribution in [3.05, 3.63) is 29.3 Å². The number of hydrogen-bond donors (Lipinski definition) is 2. The number of aliphatic hydroxyl groups excluding tert-OH is 1. The Morgan fingerprint density at radius 2 is 2.09 bits per heavy atom. The number of nitrogens with one attached hydrogen (secondary N) is 1. The van der Waals surface area contributed by atoms with Gasteiger partial charge >= 0.3 is 6.09 Å². The first-order valence-electron chi connectivity index (χ1n) is 11.9. The number of unbranched alkanes of at least 4 members (excludes halogenated alkanes) is 3. The number of hydrogen-bond acceptors (Lipinski definition) is 6. The van der Waals surface area contributed by atoms with Gasteiger partial charge in [0.05, 0.1) is 24.3 Å². The Labute approximate surface area is 195 Å². The van der Waals surface area contributed by atoms with Gasteiger partial charge in [0.15, 0.2) is 0 Å². The highest BCUT2D eigenvalue weighted by Crippen LogP contribution is 2.40. The van der Waals surface area contributed by atoms with Crippen LogP contribution in [0.5, 0.6) is 5.75 Å². The topological polar surface area (TPSA) is 112 Å². The molecule has 2 aliphatic rings. The Morgan fingerprint density at radius 1 is 1.30 bits per heavy atom. The minimum absolute atomic E-state index is 0.340. The summed E-state index contributed by atoms with van der Waals surface area (Å²) < 4.78 is 11.4. The Balaban J connectivity index is 1.74. The van der Waals surface area contributed by atoms with Crippen LogP contribution in [-0.4, -0.2) is 52.9 Å². The van der Waals surface area contributed by atoms with Gasteiger partial charge in [-0.2, -0.15) is 5.26 Å². The van der Waals surface area contributed by atoms with Crippen LogP contribution < -0.4 is 10.1 Å². The maximum Gasteiger partial charge on any atom is 0.410 e. The van der Waals surface area contributed by atoms with E-state index in [0.29, 0.717) is 36.4 Å². The molecule has 0 saturated carbocycles. The quantitative estimate of drug-likeness (QED) is 0.602. The Morgan fingerprint density at radius 3 is 2.82 bits per heavy atom. The molecule has 0 bridgehead atoms. The van der Waals surface area contributed by atoms with Gasteiger partial charge in [-0.05, 0) is 57.7 Å². The molecule has 1 saturated heterocycles.